The smallest absolute Gasteiger partial charge is 0.254 e. The van der Waals surface area contributed by atoms with Gasteiger partial charge in [-0.05, 0) is 30.7 Å². The van der Waals surface area contributed by atoms with E-state index < -0.39 is 0 Å². The fraction of sp³-hybridized carbons (Fsp3) is 0.100. The average molecular weight is 343 g/mol. The summed E-state index contributed by atoms with van der Waals surface area (Å²) in [6.45, 7) is 2.46. The van der Waals surface area contributed by atoms with Crippen molar-refractivity contribution in [1.29, 1.82) is 5.26 Å². The van der Waals surface area contributed by atoms with E-state index in [1.54, 1.807) is 18.2 Å². The molecule has 0 saturated carbocycles. The molecule has 3 aromatic rings. The first-order valence-corrected chi connectivity index (χ1v) is 8.07. The summed E-state index contributed by atoms with van der Waals surface area (Å²) < 4.78 is 0. The maximum atomic E-state index is 12.2. The number of carbonyl (C=O) groups excluding carboxylic acids is 1. The van der Waals surface area contributed by atoms with E-state index in [1.165, 1.54) is 12.4 Å². The van der Waals surface area contributed by atoms with Crippen LogP contribution in [-0.4, -0.2) is 15.9 Å². The van der Waals surface area contributed by atoms with E-state index in [2.05, 4.69) is 26.7 Å². The van der Waals surface area contributed by atoms with Crippen LogP contribution in [0.4, 0.5) is 11.6 Å². The molecule has 0 aliphatic carbocycles. The second kappa shape index (κ2) is 7.90. The van der Waals surface area contributed by atoms with Crippen LogP contribution in [-0.2, 0) is 6.54 Å². The first-order valence-electron chi connectivity index (χ1n) is 8.07. The SMILES string of the molecule is Cc1cccc(CNC(=O)c2cnc(Nc3cccc(C#N)c3)nc2)c1. The summed E-state index contributed by atoms with van der Waals surface area (Å²) in [4.78, 5) is 20.5. The number of hydrogen-bond donors (Lipinski definition) is 2. The van der Waals surface area contributed by atoms with Gasteiger partial charge in [0.05, 0.1) is 17.2 Å². The molecule has 2 N–H and O–H groups in total. The van der Waals surface area contributed by atoms with Crippen molar-refractivity contribution >= 4 is 17.5 Å². The molecule has 6 heteroatoms. The van der Waals surface area contributed by atoms with Crippen LogP contribution < -0.4 is 10.6 Å². The fourth-order valence-electron chi connectivity index (χ4n) is 2.41. The van der Waals surface area contributed by atoms with Crippen LogP contribution in [0.25, 0.3) is 0 Å². The molecule has 1 heterocycles. The number of nitrogens with zero attached hydrogens (tertiary/aromatic N) is 3. The average Bonchev–Trinajstić information content (AvgIpc) is 2.67. The molecule has 0 spiro atoms. The summed E-state index contributed by atoms with van der Waals surface area (Å²) in [5, 5.41) is 14.8. The number of aryl methyl sites for hydroxylation is 1. The molecule has 0 aliphatic heterocycles. The monoisotopic (exact) mass is 343 g/mol. The third-order valence-electron chi connectivity index (χ3n) is 3.70. The molecule has 128 valence electrons. The Kier molecular flexibility index (Phi) is 5.20. The molecular weight excluding hydrogens is 326 g/mol. The summed E-state index contributed by atoms with van der Waals surface area (Å²) in [7, 11) is 0. The van der Waals surface area contributed by atoms with E-state index in [9.17, 15) is 4.79 Å². The topological polar surface area (TPSA) is 90.7 Å². The second-order valence-electron chi connectivity index (χ2n) is 5.78. The van der Waals surface area contributed by atoms with Crippen LogP contribution in [0.3, 0.4) is 0 Å². The first-order chi connectivity index (χ1) is 12.6. The van der Waals surface area contributed by atoms with E-state index in [4.69, 9.17) is 5.26 Å². The Bertz CT molecular complexity index is 960. The fourth-order valence-corrected chi connectivity index (χ4v) is 2.41. The number of nitriles is 1. The quantitative estimate of drug-likeness (QED) is 0.741. The van der Waals surface area contributed by atoms with E-state index in [1.807, 2.05) is 37.3 Å². The van der Waals surface area contributed by atoms with Crippen molar-refractivity contribution < 1.29 is 4.79 Å². The van der Waals surface area contributed by atoms with Crippen molar-refractivity contribution in [2.75, 3.05) is 5.32 Å². The number of carbonyl (C=O) groups is 1. The molecule has 0 fully saturated rings. The molecule has 0 saturated heterocycles. The summed E-state index contributed by atoms with van der Waals surface area (Å²) in [6, 6.07) is 17.0. The van der Waals surface area contributed by atoms with Crippen LogP contribution in [0.1, 0.15) is 27.0 Å². The molecule has 0 aliphatic rings. The van der Waals surface area contributed by atoms with Crippen LogP contribution in [0.15, 0.2) is 60.9 Å². The van der Waals surface area contributed by atoms with E-state index in [-0.39, 0.29) is 5.91 Å². The minimum atomic E-state index is -0.232. The molecule has 26 heavy (non-hydrogen) atoms. The van der Waals surface area contributed by atoms with Crippen molar-refractivity contribution in [1.82, 2.24) is 15.3 Å². The standard InChI is InChI=1S/C20H17N5O/c1-14-4-2-6-16(8-14)11-22-19(26)17-12-23-20(24-13-17)25-18-7-3-5-15(9-18)10-21/h2-9,12-13H,11H2,1H3,(H,22,26)(H,23,24,25). The van der Waals surface area contributed by atoms with Crippen LogP contribution >= 0.6 is 0 Å². The zero-order valence-electron chi connectivity index (χ0n) is 14.2. The van der Waals surface area contributed by atoms with Gasteiger partial charge < -0.3 is 10.6 Å². The maximum absolute atomic E-state index is 12.2. The Morgan fingerprint density at radius 1 is 1.12 bits per heavy atom. The highest BCUT2D eigenvalue weighted by Gasteiger charge is 2.07. The largest absolute Gasteiger partial charge is 0.348 e. The zero-order chi connectivity index (χ0) is 18.4. The number of anilines is 2. The molecule has 6 nitrogen and oxygen atoms in total. The molecule has 0 radical (unpaired) electrons. The maximum Gasteiger partial charge on any atom is 0.254 e. The Morgan fingerprint density at radius 3 is 2.62 bits per heavy atom. The van der Waals surface area contributed by atoms with Gasteiger partial charge in [-0.3, -0.25) is 4.79 Å². The van der Waals surface area contributed by atoms with E-state index in [0.717, 1.165) is 11.1 Å². The predicted molar refractivity (Wildman–Crippen MR) is 98.8 cm³/mol. The van der Waals surface area contributed by atoms with Gasteiger partial charge in [-0.25, -0.2) is 9.97 Å². The van der Waals surface area contributed by atoms with Gasteiger partial charge in [0, 0.05) is 24.6 Å². The molecule has 0 atom stereocenters. The Hall–Kier alpha value is -3.72. The summed E-state index contributed by atoms with van der Waals surface area (Å²) in [6.07, 6.45) is 2.93. The van der Waals surface area contributed by atoms with E-state index in [0.29, 0.717) is 29.3 Å². The minimum Gasteiger partial charge on any atom is -0.348 e. The summed E-state index contributed by atoms with van der Waals surface area (Å²) in [5.41, 5.74) is 3.82. The zero-order valence-corrected chi connectivity index (χ0v) is 14.2. The molecule has 1 amide bonds. The molecule has 3 rings (SSSR count). The minimum absolute atomic E-state index is 0.232. The van der Waals surface area contributed by atoms with Gasteiger partial charge in [-0.2, -0.15) is 5.26 Å². The van der Waals surface area contributed by atoms with Gasteiger partial charge >= 0.3 is 0 Å². The summed E-state index contributed by atoms with van der Waals surface area (Å²) in [5.74, 6) is 0.125. The highest BCUT2D eigenvalue weighted by Crippen LogP contribution is 2.14. The lowest BCUT2D eigenvalue weighted by molar-refractivity contribution is 0.0950. The number of nitrogens with one attached hydrogen (secondary N) is 2. The summed E-state index contributed by atoms with van der Waals surface area (Å²) >= 11 is 0. The Labute approximate surface area is 151 Å². The number of rotatable bonds is 5. The highest BCUT2D eigenvalue weighted by molar-refractivity contribution is 5.93. The van der Waals surface area contributed by atoms with Crippen molar-refractivity contribution in [3.63, 3.8) is 0 Å². The normalized spacial score (nSPS) is 10.0. The van der Waals surface area contributed by atoms with Gasteiger partial charge in [0.25, 0.3) is 5.91 Å². The molecular formula is C20H17N5O. The van der Waals surface area contributed by atoms with Gasteiger partial charge in [0.15, 0.2) is 0 Å². The van der Waals surface area contributed by atoms with Crippen molar-refractivity contribution in [3.8, 4) is 6.07 Å². The second-order valence-corrected chi connectivity index (χ2v) is 5.78. The van der Waals surface area contributed by atoms with Gasteiger partial charge in [0.1, 0.15) is 0 Å². The van der Waals surface area contributed by atoms with Crippen molar-refractivity contribution in [2.24, 2.45) is 0 Å². The van der Waals surface area contributed by atoms with Gasteiger partial charge in [-0.1, -0.05) is 35.9 Å². The third kappa shape index (κ3) is 4.42. The van der Waals surface area contributed by atoms with Gasteiger partial charge in [0.2, 0.25) is 5.95 Å². The number of hydrogen-bond acceptors (Lipinski definition) is 5. The number of amides is 1. The van der Waals surface area contributed by atoms with Crippen LogP contribution in [0.5, 0.6) is 0 Å². The Morgan fingerprint density at radius 2 is 1.88 bits per heavy atom. The number of aromatic nitrogens is 2. The highest BCUT2D eigenvalue weighted by atomic mass is 16.1. The molecule has 2 aromatic carbocycles. The molecule has 1 aromatic heterocycles. The lowest BCUT2D eigenvalue weighted by atomic mass is 10.1. The van der Waals surface area contributed by atoms with E-state index >= 15 is 0 Å². The van der Waals surface area contributed by atoms with Crippen molar-refractivity contribution in [2.45, 2.75) is 13.5 Å². The van der Waals surface area contributed by atoms with Crippen LogP contribution in [0.2, 0.25) is 0 Å². The lowest BCUT2D eigenvalue weighted by Crippen LogP contribution is -2.23. The molecule has 0 bridgehead atoms. The molecule has 0 unspecified atom stereocenters. The lowest BCUT2D eigenvalue weighted by Gasteiger charge is -2.07. The van der Waals surface area contributed by atoms with Crippen LogP contribution in [0, 0.1) is 18.3 Å². The number of benzene rings is 2. The third-order valence-corrected chi connectivity index (χ3v) is 3.70. The predicted octanol–water partition coefficient (Wildman–Crippen LogP) is 3.33. The first kappa shape index (κ1) is 17.1. The van der Waals surface area contributed by atoms with Gasteiger partial charge in [-0.15, -0.1) is 0 Å². The Balaban J connectivity index is 1.61. The van der Waals surface area contributed by atoms with Crippen molar-refractivity contribution in [3.05, 3.63) is 83.2 Å².